The highest BCUT2D eigenvalue weighted by Crippen LogP contribution is 2.27. The molecule has 4 nitrogen and oxygen atoms in total. The van der Waals surface area contributed by atoms with Gasteiger partial charge in [-0.15, -0.1) is 0 Å². The Hall–Kier alpha value is -1.55. The number of likely N-dealkylation sites (N-methyl/N-ethyl adjacent to an activating group) is 1. The zero-order chi connectivity index (χ0) is 12.8. The van der Waals surface area contributed by atoms with Crippen molar-refractivity contribution in [1.29, 1.82) is 0 Å². The number of carbonyl (C=O) groups is 1. The Morgan fingerprint density at radius 3 is 2.59 bits per heavy atom. The molecular weight excluding hydrogens is 218 g/mol. The number of benzene rings is 1. The minimum Gasteiger partial charge on any atom is -0.496 e. The quantitative estimate of drug-likeness (QED) is 0.733. The smallest absolute Gasteiger partial charge is 0.319 e. The maximum atomic E-state index is 11.2. The zero-order valence-corrected chi connectivity index (χ0v) is 10.8. The molecule has 0 saturated carbocycles. The van der Waals surface area contributed by atoms with Crippen LogP contribution in [0, 0.1) is 0 Å². The van der Waals surface area contributed by atoms with Crippen molar-refractivity contribution in [3.05, 3.63) is 29.8 Å². The van der Waals surface area contributed by atoms with Crippen molar-refractivity contribution in [2.24, 2.45) is 0 Å². The Labute approximate surface area is 102 Å². The number of carbonyl (C=O) groups excluding carboxylic acids is 1. The number of ether oxygens (including phenoxy) is 2. The molecule has 94 valence electrons. The van der Waals surface area contributed by atoms with Crippen LogP contribution in [0.5, 0.6) is 5.75 Å². The van der Waals surface area contributed by atoms with Crippen molar-refractivity contribution in [3.63, 3.8) is 0 Å². The molecule has 0 spiro atoms. The van der Waals surface area contributed by atoms with Crippen LogP contribution in [0.2, 0.25) is 0 Å². The van der Waals surface area contributed by atoms with E-state index in [9.17, 15) is 4.79 Å². The van der Waals surface area contributed by atoms with Crippen LogP contribution >= 0.6 is 0 Å². The monoisotopic (exact) mass is 237 g/mol. The van der Waals surface area contributed by atoms with Gasteiger partial charge in [-0.2, -0.15) is 0 Å². The topological polar surface area (TPSA) is 38.8 Å². The first-order chi connectivity index (χ1) is 8.10. The first-order valence-corrected chi connectivity index (χ1v) is 5.50. The highest BCUT2D eigenvalue weighted by atomic mass is 16.5. The predicted molar refractivity (Wildman–Crippen MR) is 66.1 cm³/mol. The molecule has 0 radical (unpaired) electrons. The summed E-state index contributed by atoms with van der Waals surface area (Å²) < 4.78 is 9.96. The third kappa shape index (κ3) is 3.46. The molecule has 0 aliphatic heterocycles. The lowest BCUT2D eigenvalue weighted by atomic mass is 10.1. The van der Waals surface area contributed by atoms with E-state index in [1.807, 2.05) is 43.1 Å². The van der Waals surface area contributed by atoms with Crippen LogP contribution < -0.4 is 4.74 Å². The number of esters is 1. The third-order valence-electron chi connectivity index (χ3n) is 2.86. The standard InChI is InChI=1S/C13H19NO3/c1-10(14(2)9-13(15)17-4)11-7-5-6-8-12(11)16-3/h5-8,10H,9H2,1-4H3/t10-/m1/s1. The molecule has 0 bridgehead atoms. The number of nitrogens with zero attached hydrogens (tertiary/aromatic N) is 1. The molecule has 0 heterocycles. The van der Waals surface area contributed by atoms with Crippen LogP contribution in [-0.2, 0) is 9.53 Å². The summed E-state index contributed by atoms with van der Waals surface area (Å²) in [6.07, 6.45) is 0. The second kappa shape index (κ2) is 6.25. The molecule has 1 rings (SSSR count). The molecule has 0 unspecified atom stereocenters. The average Bonchev–Trinajstić information content (AvgIpc) is 2.37. The van der Waals surface area contributed by atoms with Crippen LogP contribution in [0.4, 0.5) is 0 Å². The average molecular weight is 237 g/mol. The van der Waals surface area contributed by atoms with E-state index in [2.05, 4.69) is 4.74 Å². The predicted octanol–water partition coefficient (Wildman–Crippen LogP) is 1.86. The number of rotatable bonds is 5. The molecule has 0 N–H and O–H groups in total. The van der Waals surface area contributed by atoms with Crippen molar-refractivity contribution in [2.45, 2.75) is 13.0 Å². The second-order valence-corrected chi connectivity index (χ2v) is 3.91. The molecule has 1 aromatic carbocycles. The van der Waals surface area contributed by atoms with E-state index in [0.29, 0.717) is 0 Å². The zero-order valence-electron chi connectivity index (χ0n) is 10.8. The molecule has 0 amide bonds. The second-order valence-electron chi connectivity index (χ2n) is 3.91. The lowest BCUT2D eigenvalue weighted by Crippen LogP contribution is -2.29. The fourth-order valence-corrected chi connectivity index (χ4v) is 1.65. The molecule has 0 aliphatic carbocycles. The van der Waals surface area contributed by atoms with Crippen molar-refractivity contribution in [3.8, 4) is 5.75 Å². The molecule has 0 aromatic heterocycles. The summed E-state index contributed by atoms with van der Waals surface area (Å²) in [5.74, 6) is 0.589. The van der Waals surface area contributed by atoms with E-state index in [1.165, 1.54) is 7.11 Å². The van der Waals surface area contributed by atoms with Crippen LogP contribution in [0.15, 0.2) is 24.3 Å². The van der Waals surface area contributed by atoms with Crippen molar-refractivity contribution < 1.29 is 14.3 Å². The van der Waals surface area contributed by atoms with Crippen molar-refractivity contribution in [2.75, 3.05) is 27.8 Å². The first-order valence-electron chi connectivity index (χ1n) is 5.50. The Balaban J connectivity index is 2.80. The Kier molecular flexibility index (Phi) is 4.97. The third-order valence-corrected chi connectivity index (χ3v) is 2.86. The van der Waals surface area contributed by atoms with E-state index < -0.39 is 0 Å². The number of hydrogen-bond acceptors (Lipinski definition) is 4. The molecule has 1 atom stereocenters. The summed E-state index contributed by atoms with van der Waals surface area (Å²) in [4.78, 5) is 13.1. The fourth-order valence-electron chi connectivity index (χ4n) is 1.65. The molecule has 0 fully saturated rings. The summed E-state index contributed by atoms with van der Waals surface area (Å²) in [6, 6.07) is 7.88. The van der Waals surface area contributed by atoms with Gasteiger partial charge in [-0.05, 0) is 20.0 Å². The lowest BCUT2D eigenvalue weighted by Gasteiger charge is -2.25. The Morgan fingerprint density at radius 1 is 1.35 bits per heavy atom. The van der Waals surface area contributed by atoms with Crippen LogP contribution in [0.25, 0.3) is 0 Å². The van der Waals surface area contributed by atoms with Gasteiger partial charge < -0.3 is 9.47 Å². The van der Waals surface area contributed by atoms with Gasteiger partial charge in [0.2, 0.25) is 0 Å². The summed E-state index contributed by atoms with van der Waals surface area (Å²) in [7, 11) is 4.92. The van der Waals surface area contributed by atoms with Gasteiger partial charge in [0.1, 0.15) is 5.75 Å². The fraction of sp³-hybridized carbons (Fsp3) is 0.462. The van der Waals surface area contributed by atoms with E-state index in [1.54, 1.807) is 7.11 Å². The Bertz CT molecular complexity index is 379. The minimum atomic E-state index is -0.241. The van der Waals surface area contributed by atoms with E-state index in [0.717, 1.165) is 11.3 Å². The number of para-hydroxylation sites is 1. The highest BCUT2D eigenvalue weighted by molar-refractivity contribution is 5.71. The molecular formula is C13H19NO3. The van der Waals surface area contributed by atoms with Gasteiger partial charge in [0.15, 0.2) is 0 Å². The molecule has 0 saturated heterocycles. The SMILES string of the molecule is COC(=O)CN(C)[C@H](C)c1ccccc1OC. The van der Waals surface area contributed by atoms with E-state index in [-0.39, 0.29) is 18.6 Å². The molecule has 0 aliphatic rings. The minimum absolute atomic E-state index is 0.0882. The summed E-state index contributed by atoms with van der Waals surface area (Å²) in [5, 5.41) is 0. The first kappa shape index (κ1) is 13.5. The summed E-state index contributed by atoms with van der Waals surface area (Å²) in [5.41, 5.74) is 1.06. The Morgan fingerprint density at radius 2 is 2.00 bits per heavy atom. The van der Waals surface area contributed by atoms with Gasteiger partial charge in [-0.3, -0.25) is 9.69 Å². The van der Waals surface area contributed by atoms with Gasteiger partial charge in [0.25, 0.3) is 0 Å². The van der Waals surface area contributed by atoms with Gasteiger partial charge in [-0.1, -0.05) is 18.2 Å². The van der Waals surface area contributed by atoms with Gasteiger partial charge in [-0.25, -0.2) is 0 Å². The van der Waals surface area contributed by atoms with Crippen LogP contribution in [0.1, 0.15) is 18.5 Å². The van der Waals surface area contributed by atoms with Crippen molar-refractivity contribution in [1.82, 2.24) is 4.90 Å². The summed E-state index contributed by atoms with van der Waals surface area (Å²) >= 11 is 0. The van der Waals surface area contributed by atoms with Gasteiger partial charge >= 0.3 is 5.97 Å². The maximum Gasteiger partial charge on any atom is 0.319 e. The van der Waals surface area contributed by atoms with E-state index >= 15 is 0 Å². The molecule has 1 aromatic rings. The number of methoxy groups -OCH3 is 2. The van der Waals surface area contributed by atoms with Crippen LogP contribution in [0.3, 0.4) is 0 Å². The van der Waals surface area contributed by atoms with E-state index in [4.69, 9.17) is 4.74 Å². The normalized spacial score (nSPS) is 12.3. The number of hydrogen-bond donors (Lipinski definition) is 0. The van der Waals surface area contributed by atoms with Crippen molar-refractivity contribution >= 4 is 5.97 Å². The molecule has 17 heavy (non-hydrogen) atoms. The molecule has 4 heteroatoms. The highest BCUT2D eigenvalue weighted by Gasteiger charge is 2.17. The summed E-state index contributed by atoms with van der Waals surface area (Å²) in [6.45, 7) is 2.29. The van der Waals surface area contributed by atoms with Gasteiger partial charge in [0.05, 0.1) is 20.8 Å². The largest absolute Gasteiger partial charge is 0.496 e. The van der Waals surface area contributed by atoms with Crippen LogP contribution in [-0.4, -0.2) is 38.7 Å². The maximum absolute atomic E-state index is 11.2. The van der Waals surface area contributed by atoms with Gasteiger partial charge in [0, 0.05) is 11.6 Å². The lowest BCUT2D eigenvalue weighted by molar-refractivity contribution is -0.142.